The maximum Gasteiger partial charge on any atom is 0.397 e. The second-order valence-electron chi connectivity index (χ2n) is 6.18. The number of ether oxygens (including phenoxy) is 1. The van der Waals surface area contributed by atoms with Gasteiger partial charge in [0.25, 0.3) is 0 Å². The van der Waals surface area contributed by atoms with Gasteiger partial charge in [-0.25, -0.2) is 17.9 Å². The Balaban J connectivity index is 2.08. The zero-order valence-corrected chi connectivity index (χ0v) is 15.5. The SMILES string of the molecule is CCOC(=O)C(=O)Nc1c2c(nn1-c1ccc(C)cc1C)CS(=O)(=O)C2. The molecule has 1 aliphatic heterocycles. The molecule has 0 unspecified atom stereocenters. The van der Waals surface area contributed by atoms with Crippen molar-refractivity contribution in [3.63, 3.8) is 0 Å². The first-order valence-corrected chi connectivity index (χ1v) is 9.91. The number of fused-ring (bicyclic) bond motifs is 1. The number of nitrogens with zero attached hydrogens (tertiary/aromatic N) is 2. The zero-order valence-electron chi connectivity index (χ0n) is 14.7. The zero-order chi connectivity index (χ0) is 19.1. The lowest BCUT2D eigenvalue weighted by Crippen LogP contribution is -2.27. The minimum atomic E-state index is -3.31. The highest BCUT2D eigenvalue weighted by atomic mass is 32.2. The maximum absolute atomic E-state index is 12.1. The van der Waals surface area contributed by atoms with Gasteiger partial charge in [0.2, 0.25) is 0 Å². The molecule has 1 amide bonds. The molecule has 0 radical (unpaired) electrons. The van der Waals surface area contributed by atoms with Crippen LogP contribution in [-0.2, 0) is 35.7 Å². The van der Waals surface area contributed by atoms with E-state index in [0.717, 1.165) is 11.1 Å². The molecule has 0 fully saturated rings. The van der Waals surface area contributed by atoms with Crippen molar-refractivity contribution in [3.8, 4) is 5.69 Å². The molecule has 1 aromatic heterocycles. The number of nitrogens with one attached hydrogen (secondary N) is 1. The minimum Gasteiger partial charge on any atom is -0.459 e. The molecule has 0 saturated heterocycles. The van der Waals surface area contributed by atoms with Crippen molar-refractivity contribution < 1.29 is 22.7 Å². The van der Waals surface area contributed by atoms with Crippen molar-refractivity contribution in [1.82, 2.24) is 9.78 Å². The van der Waals surface area contributed by atoms with Gasteiger partial charge < -0.3 is 10.1 Å². The summed E-state index contributed by atoms with van der Waals surface area (Å²) in [7, 11) is -3.31. The number of rotatable bonds is 3. The molecule has 2 aromatic rings. The molecule has 1 aliphatic rings. The van der Waals surface area contributed by atoms with Gasteiger partial charge in [0, 0.05) is 5.56 Å². The van der Waals surface area contributed by atoms with E-state index in [9.17, 15) is 18.0 Å². The second-order valence-corrected chi connectivity index (χ2v) is 8.25. The Kier molecular flexibility index (Phi) is 4.57. The van der Waals surface area contributed by atoms with Crippen LogP contribution in [0.15, 0.2) is 18.2 Å². The molecule has 0 spiro atoms. The Labute approximate surface area is 151 Å². The van der Waals surface area contributed by atoms with E-state index in [1.54, 1.807) is 6.92 Å². The number of benzene rings is 1. The molecular weight excluding hydrogens is 358 g/mol. The van der Waals surface area contributed by atoms with Crippen LogP contribution >= 0.6 is 0 Å². The average molecular weight is 377 g/mol. The van der Waals surface area contributed by atoms with Crippen molar-refractivity contribution >= 4 is 27.5 Å². The molecule has 26 heavy (non-hydrogen) atoms. The van der Waals surface area contributed by atoms with Crippen molar-refractivity contribution in [2.45, 2.75) is 32.3 Å². The van der Waals surface area contributed by atoms with Crippen LogP contribution in [0.5, 0.6) is 0 Å². The third kappa shape index (κ3) is 3.34. The second kappa shape index (κ2) is 6.56. The van der Waals surface area contributed by atoms with Crippen LogP contribution in [0.25, 0.3) is 5.69 Å². The molecular formula is C17H19N3O5S. The normalized spacial score (nSPS) is 14.7. The molecule has 8 nitrogen and oxygen atoms in total. The Bertz CT molecular complexity index is 1010. The number of amides is 1. The molecule has 9 heteroatoms. The third-order valence-electron chi connectivity index (χ3n) is 4.06. The molecule has 0 aliphatic carbocycles. The monoisotopic (exact) mass is 377 g/mol. The van der Waals surface area contributed by atoms with Crippen molar-refractivity contribution in [3.05, 3.63) is 40.6 Å². The van der Waals surface area contributed by atoms with Crippen LogP contribution in [0, 0.1) is 13.8 Å². The van der Waals surface area contributed by atoms with E-state index >= 15 is 0 Å². The van der Waals surface area contributed by atoms with Gasteiger partial charge >= 0.3 is 11.9 Å². The molecule has 0 bridgehead atoms. The van der Waals surface area contributed by atoms with Crippen LogP contribution in [0.2, 0.25) is 0 Å². The van der Waals surface area contributed by atoms with Crippen molar-refractivity contribution in [1.29, 1.82) is 0 Å². The first-order valence-electron chi connectivity index (χ1n) is 8.08. The first-order chi connectivity index (χ1) is 12.2. The lowest BCUT2D eigenvalue weighted by molar-refractivity contribution is -0.152. The quantitative estimate of drug-likeness (QED) is 0.640. The fourth-order valence-electron chi connectivity index (χ4n) is 2.94. The molecule has 2 heterocycles. The van der Waals surface area contributed by atoms with Crippen LogP contribution in [-0.4, -0.2) is 36.7 Å². The van der Waals surface area contributed by atoms with Gasteiger partial charge in [-0.05, 0) is 32.4 Å². The van der Waals surface area contributed by atoms with Gasteiger partial charge in [-0.2, -0.15) is 5.10 Å². The van der Waals surface area contributed by atoms with Gasteiger partial charge in [0.1, 0.15) is 5.82 Å². The minimum absolute atomic E-state index is 0.0646. The summed E-state index contributed by atoms with van der Waals surface area (Å²) < 4.78 is 30.0. The molecule has 3 rings (SSSR count). The number of carbonyl (C=O) groups is 2. The Hall–Kier alpha value is -2.68. The summed E-state index contributed by atoms with van der Waals surface area (Å²) in [5.74, 6) is -2.24. The van der Waals surface area contributed by atoms with Crippen LogP contribution in [0.1, 0.15) is 29.3 Å². The standard InChI is InChI=1S/C17H19N3O5S/c1-4-25-17(22)16(21)18-15-12-8-26(23,24)9-13(12)19-20(15)14-6-5-10(2)7-11(14)3/h5-7H,4,8-9H2,1-3H3,(H,18,21). The summed E-state index contributed by atoms with van der Waals surface area (Å²) in [5, 5.41) is 6.85. The number of carbonyl (C=O) groups excluding carboxylic acids is 2. The Morgan fingerprint density at radius 3 is 2.65 bits per heavy atom. The van der Waals surface area contributed by atoms with Gasteiger partial charge in [-0.3, -0.25) is 4.79 Å². The highest BCUT2D eigenvalue weighted by molar-refractivity contribution is 7.90. The largest absolute Gasteiger partial charge is 0.459 e. The van der Waals surface area contributed by atoms with E-state index in [2.05, 4.69) is 10.4 Å². The fourth-order valence-corrected chi connectivity index (χ4v) is 4.44. The first kappa shape index (κ1) is 18.1. The van der Waals surface area contributed by atoms with E-state index in [1.807, 2.05) is 32.0 Å². The van der Waals surface area contributed by atoms with E-state index < -0.39 is 21.7 Å². The van der Waals surface area contributed by atoms with Gasteiger partial charge in [0.15, 0.2) is 9.84 Å². The summed E-state index contributed by atoms with van der Waals surface area (Å²) in [5.41, 5.74) is 3.44. The number of esters is 1. The lowest BCUT2D eigenvalue weighted by Gasteiger charge is -2.13. The molecule has 0 atom stereocenters. The predicted molar refractivity (Wildman–Crippen MR) is 94.6 cm³/mol. The topological polar surface area (TPSA) is 107 Å². The summed E-state index contributed by atoms with van der Waals surface area (Å²) in [6.45, 7) is 5.50. The van der Waals surface area contributed by atoms with Crippen LogP contribution in [0.4, 0.5) is 5.82 Å². The van der Waals surface area contributed by atoms with E-state index in [-0.39, 0.29) is 23.9 Å². The fraction of sp³-hybridized carbons (Fsp3) is 0.353. The van der Waals surface area contributed by atoms with Crippen molar-refractivity contribution in [2.24, 2.45) is 0 Å². The van der Waals surface area contributed by atoms with Gasteiger partial charge in [-0.1, -0.05) is 17.7 Å². The van der Waals surface area contributed by atoms with Crippen LogP contribution in [0.3, 0.4) is 0 Å². The number of hydrogen-bond donors (Lipinski definition) is 1. The predicted octanol–water partition coefficient (Wildman–Crippen LogP) is 1.42. The number of aryl methyl sites for hydroxylation is 2. The van der Waals surface area contributed by atoms with E-state index in [1.165, 1.54) is 4.68 Å². The van der Waals surface area contributed by atoms with Gasteiger partial charge in [-0.15, -0.1) is 0 Å². The van der Waals surface area contributed by atoms with E-state index in [0.29, 0.717) is 16.9 Å². The Morgan fingerprint density at radius 2 is 2.00 bits per heavy atom. The number of anilines is 1. The van der Waals surface area contributed by atoms with Crippen LogP contribution < -0.4 is 5.32 Å². The number of hydrogen-bond acceptors (Lipinski definition) is 6. The van der Waals surface area contributed by atoms with Gasteiger partial charge in [0.05, 0.1) is 29.5 Å². The smallest absolute Gasteiger partial charge is 0.397 e. The highest BCUT2D eigenvalue weighted by Gasteiger charge is 2.34. The maximum atomic E-state index is 12.1. The highest BCUT2D eigenvalue weighted by Crippen LogP contribution is 2.33. The molecule has 1 N–H and O–H groups in total. The number of aromatic nitrogens is 2. The van der Waals surface area contributed by atoms with E-state index in [4.69, 9.17) is 4.74 Å². The summed E-state index contributed by atoms with van der Waals surface area (Å²) in [6, 6.07) is 5.68. The van der Waals surface area contributed by atoms with Crippen molar-refractivity contribution in [2.75, 3.05) is 11.9 Å². The lowest BCUT2D eigenvalue weighted by atomic mass is 10.1. The summed E-state index contributed by atoms with van der Waals surface area (Å²) >= 11 is 0. The summed E-state index contributed by atoms with van der Waals surface area (Å²) in [6.07, 6.45) is 0. The number of sulfone groups is 1. The average Bonchev–Trinajstić information content (AvgIpc) is 3.00. The molecule has 138 valence electrons. The Morgan fingerprint density at radius 1 is 1.27 bits per heavy atom. The summed E-state index contributed by atoms with van der Waals surface area (Å²) in [4.78, 5) is 23.8. The molecule has 1 aromatic carbocycles. The third-order valence-corrected chi connectivity index (χ3v) is 5.50. The molecule has 0 saturated carbocycles.